The molecule has 0 spiro atoms. The Morgan fingerprint density at radius 1 is 1.28 bits per heavy atom. The molecule has 18 heavy (non-hydrogen) atoms. The number of rotatable bonds is 9. The molecule has 0 aliphatic rings. The molecule has 5 heteroatoms. The van der Waals surface area contributed by atoms with Crippen LogP contribution in [-0.4, -0.2) is 29.6 Å². The Hall–Kier alpha value is -1.10. The van der Waals surface area contributed by atoms with E-state index in [1.54, 1.807) is 0 Å². The highest BCUT2D eigenvalue weighted by molar-refractivity contribution is 5.75. The summed E-state index contributed by atoms with van der Waals surface area (Å²) in [6.45, 7) is 6.50. The van der Waals surface area contributed by atoms with Gasteiger partial charge in [0, 0.05) is 25.4 Å². The molecule has 0 radical (unpaired) electrons. The third-order valence-corrected chi connectivity index (χ3v) is 2.97. The Balaban J connectivity index is 3.74. The number of aliphatic carboxylic acids is 1. The minimum Gasteiger partial charge on any atom is -0.481 e. The molecule has 0 bridgehead atoms. The Bertz CT molecular complexity index is 275. The zero-order valence-electron chi connectivity index (χ0n) is 11.7. The smallest absolute Gasteiger partial charge is 0.303 e. The van der Waals surface area contributed by atoms with Crippen LogP contribution in [0, 0.1) is 5.41 Å². The molecule has 1 unspecified atom stereocenters. The normalized spacial score (nSPS) is 13.1. The van der Waals surface area contributed by atoms with Crippen molar-refractivity contribution in [2.45, 2.75) is 58.9 Å². The predicted octanol–water partition coefficient (Wildman–Crippen LogP) is 1.51. The molecule has 0 saturated carbocycles. The van der Waals surface area contributed by atoms with E-state index in [9.17, 15) is 9.59 Å². The van der Waals surface area contributed by atoms with E-state index in [1.165, 1.54) is 0 Å². The molecule has 0 aliphatic heterocycles. The molecule has 0 aromatic carbocycles. The highest BCUT2D eigenvalue weighted by Gasteiger charge is 2.19. The number of hydrogen-bond donors (Lipinski definition) is 3. The molecule has 4 N–H and O–H groups in total. The number of carboxylic acids is 1. The van der Waals surface area contributed by atoms with E-state index < -0.39 is 5.97 Å². The van der Waals surface area contributed by atoms with Crippen molar-refractivity contribution in [2.75, 3.05) is 6.54 Å². The van der Waals surface area contributed by atoms with Gasteiger partial charge in [-0.2, -0.15) is 0 Å². The fraction of sp³-hybridized carbons (Fsp3) is 0.846. The van der Waals surface area contributed by atoms with Crippen LogP contribution < -0.4 is 11.1 Å². The summed E-state index contributed by atoms with van der Waals surface area (Å²) >= 11 is 0. The van der Waals surface area contributed by atoms with E-state index >= 15 is 0 Å². The fourth-order valence-corrected chi connectivity index (χ4v) is 1.56. The van der Waals surface area contributed by atoms with E-state index in [2.05, 4.69) is 5.32 Å². The summed E-state index contributed by atoms with van der Waals surface area (Å²) in [7, 11) is 0. The zero-order valence-corrected chi connectivity index (χ0v) is 11.7. The van der Waals surface area contributed by atoms with Crippen LogP contribution in [0.4, 0.5) is 0 Å². The van der Waals surface area contributed by atoms with Crippen molar-refractivity contribution in [2.24, 2.45) is 11.1 Å². The monoisotopic (exact) mass is 258 g/mol. The molecular formula is C13H26N2O3. The van der Waals surface area contributed by atoms with Gasteiger partial charge < -0.3 is 16.2 Å². The van der Waals surface area contributed by atoms with Gasteiger partial charge in [0.05, 0.1) is 0 Å². The summed E-state index contributed by atoms with van der Waals surface area (Å²) in [5.74, 6) is -0.759. The SMILES string of the molecule is CC(N)CCC(=O)NCCC(C)(C)CCC(=O)O. The molecule has 106 valence electrons. The Morgan fingerprint density at radius 2 is 1.89 bits per heavy atom. The van der Waals surface area contributed by atoms with Gasteiger partial charge in [0.15, 0.2) is 0 Å². The first-order valence-electron chi connectivity index (χ1n) is 6.47. The van der Waals surface area contributed by atoms with Crippen LogP contribution in [0.5, 0.6) is 0 Å². The van der Waals surface area contributed by atoms with Gasteiger partial charge in [-0.15, -0.1) is 0 Å². The van der Waals surface area contributed by atoms with E-state index in [1.807, 2.05) is 20.8 Å². The van der Waals surface area contributed by atoms with Crippen molar-refractivity contribution in [3.05, 3.63) is 0 Å². The van der Waals surface area contributed by atoms with Crippen molar-refractivity contribution in [3.8, 4) is 0 Å². The van der Waals surface area contributed by atoms with E-state index in [0.717, 1.165) is 6.42 Å². The van der Waals surface area contributed by atoms with Crippen LogP contribution in [0.2, 0.25) is 0 Å². The van der Waals surface area contributed by atoms with E-state index in [4.69, 9.17) is 10.8 Å². The largest absolute Gasteiger partial charge is 0.481 e. The van der Waals surface area contributed by atoms with Gasteiger partial charge in [-0.25, -0.2) is 0 Å². The molecule has 0 saturated heterocycles. The van der Waals surface area contributed by atoms with E-state index in [-0.39, 0.29) is 23.8 Å². The minimum absolute atomic E-state index is 0.0151. The summed E-state index contributed by atoms with van der Waals surface area (Å²) in [6, 6.07) is 0.0442. The van der Waals surface area contributed by atoms with E-state index in [0.29, 0.717) is 25.8 Å². The number of nitrogens with two attached hydrogens (primary N) is 1. The summed E-state index contributed by atoms with van der Waals surface area (Å²) in [6.07, 6.45) is 2.72. The maximum Gasteiger partial charge on any atom is 0.303 e. The van der Waals surface area contributed by atoms with Gasteiger partial charge in [-0.3, -0.25) is 9.59 Å². The number of nitrogens with one attached hydrogen (secondary N) is 1. The van der Waals surface area contributed by atoms with Crippen LogP contribution in [0.1, 0.15) is 52.9 Å². The topological polar surface area (TPSA) is 92.4 Å². The molecule has 0 rings (SSSR count). The lowest BCUT2D eigenvalue weighted by Gasteiger charge is -2.23. The first-order valence-corrected chi connectivity index (χ1v) is 6.47. The van der Waals surface area contributed by atoms with Crippen molar-refractivity contribution in [1.29, 1.82) is 0 Å². The second-order valence-electron chi connectivity index (χ2n) is 5.67. The van der Waals surface area contributed by atoms with Crippen LogP contribution in [0.25, 0.3) is 0 Å². The van der Waals surface area contributed by atoms with Crippen molar-refractivity contribution in [1.82, 2.24) is 5.32 Å². The van der Waals surface area contributed by atoms with Gasteiger partial charge in [-0.1, -0.05) is 13.8 Å². The molecule has 0 aliphatic carbocycles. The molecular weight excluding hydrogens is 232 g/mol. The maximum absolute atomic E-state index is 11.4. The zero-order chi connectivity index (χ0) is 14.2. The fourth-order valence-electron chi connectivity index (χ4n) is 1.56. The number of hydrogen-bond acceptors (Lipinski definition) is 3. The second kappa shape index (κ2) is 8.08. The van der Waals surface area contributed by atoms with Crippen LogP contribution in [-0.2, 0) is 9.59 Å². The summed E-state index contributed by atoms with van der Waals surface area (Å²) in [4.78, 5) is 21.9. The Kier molecular flexibility index (Phi) is 7.59. The third-order valence-electron chi connectivity index (χ3n) is 2.97. The third kappa shape index (κ3) is 10.1. The van der Waals surface area contributed by atoms with Gasteiger partial charge in [-0.05, 0) is 31.6 Å². The average molecular weight is 258 g/mol. The highest BCUT2D eigenvalue weighted by atomic mass is 16.4. The molecule has 0 fully saturated rings. The van der Waals surface area contributed by atoms with Crippen molar-refractivity contribution < 1.29 is 14.7 Å². The number of amides is 1. The summed E-state index contributed by atoms with van der Waals surface area (Å²) in [5, 5.41) is 11.5. The molecule has 0 heterocycles. The quantitative estimate of drug-likeness (QED) is 0.584. The van der Waals surface area contributed by atoms with Gasteiger partial charge in [0.1, 0.15) is 0 Å². The summed E-state index contributed by atoms with van der Waals surface area (Å²) in [5.41, 5.74) is 5.51. The average Bonchev–Trinajstić information content (AvgIpc) is 2.23. The van der Waals surface area contributed by atoms with Gasteiger partial charge in [0.25, 0.3) is 0 Å². The lowest BCUT2D eigenvalue weighted by Crippen LogP contribution is -2.29. The van der Waals surface area contributed by atoms with Crippen LogP contribution >= 0.6 is 0 Å². The summed E-state index contributed by atoms with van der Waals surface area (Å²) < 4.78 is 0. The van der Waals surface area contributed by atoms with Gasteiger partial charge >= 0.3 is 5.97 Å². The Labute approximate surface area is 109 Å². The first kappa shape index (κ1) is 16.9. The molecule has 1 amide bonds. The lowest BCUT2D eigenvalue weighted by molar-refractivity contribution is -0.137. The lowest BCUT2D eigenvalue weighted by atomic mass is 9.84. The van der Waals surface area contributed by atoms with Crippen molar-refractivity contribution >= 4 is 11.9 Å². The highest BCUT2D eigenvalue weighted by Crippen LogP contribution is 2.25. The molecule has 0 aromatic heterocycles. The van der Waals surface area contributed by atoms with Crippen LogP contribution in [0.15, 0.2) is 0 Å². The van der Waals surface area contributed by atoms with Gasteiger partial charge in [0.2, 0.25) is 5.91 Å². The number of carbonyl (C=O) groups excluding carboxylic acids is 1. The molecule has 0 aromatic rings. The number of carboxylic acid groups (broad SMARTS) is 1. The standard InChI is InChI=1S/C13H26N2O3/c1-10(14)4-5-11(16)15-9-8-13(2,3)7-6-12(17)18/h10H,4-9,14H2,1-3H3,(H,15,16)(H,17,18). The second-order valence-corrected chi connectivity index (χ2v) is 5.67. The molecule has 5 nitrogen and oxygen atoms in total. The minimum atomic E-state index is -0.774. The van der Waals surface area contributed by atoms with Crippen LogP contribution in [0.3, 0.4) is 0 Å². The molecule has 1 atom stereocenters. The maximum atomic E-state index is 11.4. The Morgan fingerprint density at radius 3 is 2.39 bits per heavy atom. The number of carbonyl (C=O) groups is 2. The van der Waals surface area contributed by atoms with Crippen molar-refractivity contribution in [3.63, 3.8) is 0 Å². The first-order chi connectivity index (χ1) is 8.23. The predicted molar refractivity (Wildman–Crippen MR) is 71.2 cm³/mol.